The van der Waals surface area contributed by atoms with Crippen LogP contribution in [0.25, 0.3) is 0 Å². The van der Waals surface area contributed by atoms with E-state index in [0.717, 1.165) is 5.56 Å². The fourth-order valence-corrected chi connectivity index (χ4v) is 3.18. The summed E-state index contributed by atoms with van der Waals surface area (Å²) in [5.41, 5.74) is 2.10. The zero-order chi connectivity index (χ0) is 17.4. The van der Waals surface area contributed by atoms with Gasteiger partial charge in [-0.1, -0.05) is 12.1 Å². The highest BCUT2D eigenvalue weighted by Crippen LogP contribution is 2.19. The zero-order valence-electron chi connectivity index (χ0n) is 14.0. The lowest BCUT2D eigenvalue weighted by Gasteiger charge is -2.23. The van der Waals surface area contributed by atoms with Crippen LogP contribution in [0.4, 0.5) is 4.39 Å². The van der Waals surface area contributed by atoms with Crippen LogP contribution in [0.15, 0.2) is 35.7 Å². The third-order valence-electron chi connectivity index (χ3n) is 3.70. The molecule has 0 atom stereocenters. The summed E-state index contributed by atoms with van der Waals surface area (Å²) in [6, 6.07) is 8.33. The lowest BCUT2D eigenvalue weighted by molar-refractivity contribution is -0.131. The Labute approximate surface area is 146 Å². The van der Waals surface area contributed by atoms with Crippen molar-refractivity contribution in [1.82, 2.24) is 10.2 Å². The first-order valence-corrected chi connectivity index (χ1v) is 8.73. The Kier molecular flexibility index (Phi) is 7.36. The van der Waals surface area contributed by atoms with E-state index < -0.39 is 0 Å². The van der Waals surface area contributed by atoms with Crippen molar-refractivity contribution < 1.29 is 13.9 Å². The van der Waals surface area contributed by atoms with Gasteiger partial charge < -0.3 is 15.0 Å². The molecule has 1 aromatic heterocycles. The number of nitrogens with one attached hydrogen (secondary N) is 1. The van der Waals surface area contributed by atoms with Gasteiger partial charge in [-0.05, 0) is 41.6 Å². The van der Waals surface area contributed by atoms with Gasteiger partial charge in [0.15, 0.2) is 0 Å². The molecule has 1 aromatic carbocycles. The van der Waals surface area contributed by atoms with Gasteiger partial charge in [-0.15, -0.1) is 11.3 Å². The van der Waals surface area contributed by atoms with Gasteiger partial charge in [0.05, 0.1) is 19.7 Å². The molecule has 2 aromatic rings. The van der Waals surface area contributed by atoms with Crippen molar-refractivity contribution in [2.75, 3.05) is 26.8 Å². The molecule has 0 radical (unpaired) electrons. The molecule has 0 bridgehead atoms. The van der Waals surface area contributed by atoms with E-state index in [0.29, 0.717) is 26.2 Å². The molecule has 0 unspecified atom stereocenters. The van der Waals surface area contributed by atoms with Crippen LogP contribution in [0.2, 0.25) is 0 Å². The minimum absolute atomic E-state index is 0.0169. The van der Waals surface area contributed by atoms with E-state index in [2.05, 4.69) is 11.4 Å². The summed E-state index contributed by atoms with van der Waals surface area (Å²) >= 11 is 1.65. The Hall–Kier alpha value is -1.76. The second-order valence-corrected chi connectivity index (χ2v) is 6.57. The SMILES string of the molecule is COCCNCC(=O)N(Cc1ccc(F)cc1)Cc1sccc1C. The molecule has 6 heteroatoms. The molecule has 0 aliphatic heterocycles. The van der Waals surface area contributed by atoms with Gasteiger partial charge >= 0.3 is 0 Å². The first kappa shape index (κ1) is 18.6. The molecule has 1 amide bonds. The maximum atomic E-state index is 13.1. The predicted octanol–water partition coefficient (Wildman–Crippen LogP) is 2.96. The van der Waals surface area contributed by atoms with Crippen LogP contribution in [-0.2, 0) is 22.6 Å². The van der Waals surface area contributed by atoms with Crippen LogP contribution >= 0.6 is 11.3 Å². The quantitative estimate of drug-likeness (QED) is 0.707. The van der Waals surface area contributed by atoms with Gasteiger partial charge in [0, 0.05) is 25.1 Å². The second kappa shape index (κ2) is 9.52. The van der Waals surface area contributed by atoms with Crippen LogP contribution in [0.3, 0.4) is 0 Å². The number of halogens is 1. The lowest BCUT2D eigenvalue weighted by atomic mass is 10.2. The number of hydrogen-bond acceptors (Lipinski definition) is 4. The van der Waals surface area contributed by atoms with Crippen molar-refractivity contribution in [2.45, 2.75) is 20.0 Å². The van der Waals surface area contributed by atoms with E-state index in [1.807, 2.05) is 12.3 Å². The minimum Gasteiger partial charge on any atom is -0.383 e. The van der Waals surface area contributed by atoms with E-state index in [-0.39, 0.29) is 18.3 Å². The van der Waals surface area contributed by atoms with Crippen molar-refractivity contribution in [1.29, 1.82) is 0 Å². The molecule has 1 heterocycles. The number of rotatable bonds is 9. The third kappa shape index (κ3) is 5.70. The number of nitrogens with zero attached hydrogens (tertiary/aromatic N) is 1. The number of methoxy groups -OCH3 is 1. The highest BCUT2D eigenvalue weighted by atomic mass is 32.1. The molecular weight excluding hydrogens is 327 g/mol. The maximum Gasteiger partial charge on any atom is 0.237 e. The maximum absolute atomic E-state index is 13.1. The summed E-state index contributed by atoms with van der Waals surface area (Å²) < 4.78 is 18.0. The molecule has 2 rings (SSSR count). The molecule has 130 valence electrons. The van der Waals surface area contributed by atoms with Gasteiger partial charge in [0.2, 0.25) is 5.91 Å². The van der Waals surface area contributed by atoms with Crippen LogP contribution in [0.5, 0.6) is 0 Å². The van der Waals surface area contributed by atoms with E-state index in [1.54, 1.807) is 35.5 Å². The van der Waals surface area contributed by atoms with E-state index >= 15 is 0 Å². The number of benzene rings is 1. The number of carbonyl (C=O) groups is 1. The topological polar surface area (TPSA) is 41.6 Å². The zero-order valence-corrected chi connectivity index (χ0v) is 14.9. The van der Waals surface area contributed by atoms with Gasteiger partial charge in [-0.3, -0.25) is 4.79 Å². The first-order chi connectivity index (χ1) is 11.6. The van der Waals surface area contributed by atoms with Crippen LogP contribution in [0.1, 0.15) is 16.0 Å². The third-order valence-corrected chi connectivity index (χ3v) is 4.71. The molecule has 0 saturated carbocycles. The van der Waals surface area contributed by atoms with Crippen LogP contribution in [-0.4, -0.2) is 37.6 Å². The Morgan fingerprint density at radius 3 is 2.62 bits per heavy atom. The molecule has 0 spiro atoms. The first-order valence-electron chi connectivity index (χ1n) is 7.85. The minimum atomic E-state index is -0.271. The van der Waals surface area contributed by atoms with Crippen molar-refractivity contribution >= 4 is 17.2 Å². The lowest BCUT2D eigenvalue weighted by Crippen LogP contribution is -2.38. The molecule has 0 aliphatic rings. The van der Waals surface area contributed by atoms with Crippen molar-refractivity contribution in [3.8, 4) is 0 Å². The van der Waals surface area contributed by atoms with Crippen LogP contribution in [0, 0.1) is 12.7 Å². The molecule has 0 saturated heterocycles. The summed E-state index contributed by atoms with van der Waals surface area (Å²) in [7, 11) is 1.63. The van der Waals surface area contributed by atoms with Gasteiger partial charge in [-0.2, -0.15) is 0 Å². The fraction of sp³-hybridized carbons (Fsp3) is 0.389. The number of amides is 1. The Morgan fingerprint density at radius 2 is 2.00 bits per heavy atom. The Balaban J connectivity index is 2.04. The smallest absolute Gasteiger partial charge is 0.237 e. The largest absolute Gasteiger partial charge is 0.383 e. The van der Waals surface area contributed by atoms with Crippen LogP contribution < -0.4 is 5.32 Å². The van der Waals surface area contributed by atoms with Crippen molar-refractivity contribution in [2.24, 2.45) is 0 Å². The average Bonchev–Trinajstić information content (AvgIpc) is 2.98. The van der Waals surface area contributed by atoms with Crippen molar-refractivity contribution in [3.05, 3.63) is 57.5 Å². The number of hydrogen-bond donors (Lipinski definition) is 1. The van der Waals surface area contributed by atoms with Crippen molar-refractivity contribution in [3.63, 3.8) is 0 Å². The molecular formula is C18H23FN2O2S. The number of thiophene rings is 1. The molecule has 0 fully saturated rings. The second-order valence-electron chi connectivity index (χ2n) is 5.57. The Bertz CT molecular complexity index is 643. The summed E-state index contributed by atoms with van der Waals surface area (Å²) in [4.78, 5) is 15.5. The summed E-state index contributed by atoms with van der Waals surface area (Å²) in [6.07, 6.45) is 0. The molecule has 0 aliphatic carbocycles. The summed E-state index contributed by atoms with van der Waals surface area (Å²) in [5.74, 6) is -0.254. The van der Waals surface area contributed by atoms with E-state index in [9.17, 15) is 9.18 Å². The number of carbonyl (C=O) groups excluding carboxylic acids is 1. The monoisotopic (exact) mass is 350 g/mol. The normalized spacial score (nSPS) is 10.8. The predicted molar refractivity (Wildman–Crippen MR) is 94.5 cm³/mol. The standard InChI is InChI=1S/C18H23FN2O2S/c1-14-7-10-24-17(14)13-21(18(22)11-20-8-9-23-2)12-15-3-5-16(19)6-4-15/h3-7,10,20H,8-9,11-13H2,1-2H3. The molecule has 4 nitrogen and oxygen atoms in total. The highest BCUT2D eigenvalue weighted by Gasteiger charge is 2.16. The number of aryl methyl sites for hydroxylation is 1. The number of ether oxygens (including phenoxy) is 1. The molecule has 24 heavy (non-hydrogen) atoms. The van der Waals surface area contributed by atoms with E-state index in [1.165, 1.54) is 22.6 Å². The van der Waals surface area contributed by atoms with Gasteiger partial charge in [0.1, 0.15) is 5.82 Å². The van der Waals surface area contributed by atoms with E-state index in [4.69, 9.17) is 4.74 Å². The summed E-state index contributed by atoms with van der Waals surface area (Å²) in [6.45, 7) is 4.52. The van der Waals surface area contributed by atoms with Gasteiger partial charge in [0.25, 0.3) is 0 Å². The average molecular weight is 350 g/mol. The molecule has 1 N–H and O–H groups in total. The van der Waals surface area contributed by atoms with Gasteiger partial charge in [-0.25, -0.2) is 4.39 Å². The Morgan fingerprint density at radius 1 is 1.25 bits per heavy atom. The fourth-order valence-electron chi connectivity index (χ4n) is 2.26. The highest BCUT2D eigenvalue weighted by molar-refractivity contribution is 7.10. The summed E-state index contributed by atoms with van der Waals surface area (Å²) in [5, 5.41) is 5.11.